The van der Waals surface area contributed by atoms with Crippen LogP contribution in [0.3, 0.4) is 0 Å². The topological polar surface area (TPSA) is 29.5 Å². The van der Waals surface area contributed by atoms with Gasteiger partial charge in [-0.3, -0.25) is 0 Å². The monoisotopic (exact) mass is 156 g/mol. The van der Waals surface area contributed by atoms with Gasteiger partial charge in [0, 0.05) is 12.5 Å². The normalized spacial score (nSPS) is 43.9. The molecule has 0 radical (unpaired) electrons. The molecule has 2 nitrogen and oxygen atoms in total. The summed E-state index contributed by atoms with van der Waals surface area (Å²) in [6.07, 6.45) is 5.64. The number of hydrogen-bond donors (Lipinski definition) is 1. The molecule has 2 heteroatoms. The Morgan fingerprint density at radius 3 is 2.91 bits per heavy atom. The van der Waals surface area contributed by atoms with Crippen LogP contribution < -0.4 is 0 Å². The molecule has 64 valence electrons. The van der Waals surface area contributed by atoms with E-state index in [9.17, 15) is 0 Å². The van der Waals surface area contributed by atoms with Gasteiger partial charge in [-0.1, -0.05) is 12.8 Å². The van der Waals surface area contributed by atoms with Crippen molar-refractivity contribution in [1.82, 2.24) is 0 Å². The molecule has 1 saturated carbocycles. The predicted octanol–water partition coefficient (Wildman–Crippen LogP) is 1.18. The SMILES string of the molecule is OCC1COC2CCCCC12. The van der Waals surface area contributed by atoms with Crippen molar-refractivity contribution in [3.05, 3.63) is 0 Å². The maximum atomic E-state index is 9.02. The van der Waals surface area contributed by atoms with Crippen LogP contribution in [0.4, 0.5) is 0 Å². The maximum absolute atomic E-state index is 9.02. The summed E-state index contributed by atoms with van der Waals surface area (Å²) < 4.78 is 5.60. The van der Waals surface area contributed by atoms with Gasteiger partial charge in [0.1, 0.15) is 0 Å². The molecule has 2 aliphatic rings. The molecule has 3 atom stereocenters. The van der Waals surface area contributed by atoms with E-state index in [0.717, 1.165) is 6.61 Å². The van der Waals surface area contributed by atoms with Crippen LogP contribution in [0.15, 0.2) is 0 Å². The van der Waals surface area contributed by atoms with E-state index in [-0.39, 0.29) is 0 Å². The smallest absolute Gasteiger partial charge is 0.0607 e. The third-order valence-corrected chi connectivity index (χ3v) is 3.12. The highest BCUT2D eigenvalue weighted by Gasteiger charge is 2.37. The standard InChI is InChI=1S/C9H16O2/c10-5-7-6-11-9-4-2-1-3-8(7)9/h7-10H,1-6H2. The van der Waals surface area contributed by atoms with Crippen LogP contribution in [0, 0.1) is 11.8 Å². The van der Waals surface area contributed by atoms with E-state index in [1.807, 2.05) is 0 Å². The molecule has 3 unspecified atom stereocenters. The molecule has 0 aromatic rings. The van der Waals surface area contributed by atoms with Crippen molar-refractivity contribution in [2.24, 2.45) is 11.8 Å². The molecule has 0 aromatic heterocycles. The highest BCUT2D eigenvalue weighted by atomic mass is 16.5. The summed E-state index contributed by atoms with van der Waals surface area (Å²) in [4.78, 5) is 0. The Bertz CT molecular complexity index is 130. The molecule has 1 aliphatic heterocycles. The number of fused-ring (bicyclic) bond motifs is 1. The van der Waals surface area contributed by atoms with Crippen LogP contribution in [0.2, 0.25) is 0 Å². The molecule has 2 fully saturated rings. The van der Waals surface area contributed by atoms with Crippen molar-refractivity contribution in [3.63, 3.8) is 0 Å². The average Bonchev–Trinajstić information content (AvgIpc) is 2.47. The second-order valence-electron chi connectivity index (χ2n) is 3.76. The van der Waals surface area contributed by atoms with Gasteiger partial charge in [0.2, 0.25) is 0 Å². The Balaban J connectivity index is 1.98. The molecule has 0 bridgehead atoms. The summed E-state index contributed by atoms with van der Waals surface area (Å²) in [7, 11) is 0. The van der Waals surface area contributed by atoms with Gasteiger partial charge < -0.3 is 9.84 Å². The molecule has 0 aromatic carbocycles. The van der Waals surface area contributed by atoms with Crippen LogP contribution in [0.25, 0.3) is 0 Å². The fourth-order valence-corrected chi connectivity index (χ4v) is 2.43. The van der Waals surface area contributed by atoms with Crippen molar-refractivity contribution in [2.45, 2.75) is 31.8 Å². The maximum Gasteiger partial charge on any atom is 0.0607 e. The number of aliphatic hydroxyl groups is 1. The van der Waals surface area contributed by atoms with Gasteiger partial charge in [-0.05, 0) is 18.8 Å². The lowest BCUT2D eigenvalue weighted by Gasteiger charge is -2.26. The van der Waals surface area contributed by atoms with E-state index in [4.69, 9.17) is 9.84 Å². The first-order chi connectivity index (χ1) is 5.42. The van der Waals surface area contributed by atoms with Gasteiger partial charge in [-0.2, -0.15) is 0 Å². The number of hydrogen-bond acceptors (Lipinski definition) is 2. The first kappa shape index (κ1) is 7.56. The van der Waals surface area contributed by atoms with Crippen molar-refractivity contribution < 1.29 is 9.84 Å². The van der Waals surface area contributed by atoms with Gasteiger partial charge >= 0.3 is 0 Å². The lowest BCUT2D eigenvalue weighted by atomic mass is 9.81. The quantitative estimate of drug-likeness (QED) is 0.618. The van der Waals surface area contributed by atoms with Gasteiger partial charge in [-0.15, -0.1) is 0 Å². The van der Waals surface area contributed by atoms with E-state index in [1.54, 1.807) is 0 Å². The molecule has 0 spiro atoms. The fraction of sp³-hybridized carbons (Fsp3) is 1.00. The van der Waals surface area contributed by atoms with Gasteiger partial charge in [-0.25, -0.2) is 0 Å². The minimum Gasteiger partial charge on any atom is -0.396 e. The summed E-state index contributed by atoms with van der Waals surface area (Å²) in [6.45, 7) is 1.12. The molecule has 1 heterocycles. The Labute approximate surface area is 67.6 Å². The first-order valence-electron chi connectivity index (χ1n) is 4.64. The predicted molar refractivity (Wildman–Crippen MR) is 42.3 cm³/mol. The summed E-state index contributed by atoms with van der Waals surface area (Å²) in [5.74, 6) is 1.12. The van der Waals surface area contributed by atoms with Gasteiger partial charge in [0.15, 0.2) is 0 Å². The van der Waals surface area contributed by atoms with Crippen LogP contribution in [0.1, 0.15) is 25.7 Å². The van der Waals surface area contributed by atoms with Crippen LogP contribution in [-0.4, -0.2) is 24.4 Å². The highest BCUT2D eigenvalue weighted by Crippen LogP contribution is 2.37. The summed E-state index contributed by atoms with van der Waals surface area (Å²) in [6, 6.07) is 0. The highest BCUT2D eigenvalue weighted by molar-refractivity contribution is 4.86. The van der Waals surface area contributed by atoms with Crippen molar-refractivity contribution in [2.75, 3.05) is 13.2 Å². The van der Waals surface area contributed by atoms with Crippen LogP contribution in [0.5, 0.6) is 0 Å². The Morgan fingerprint density at radius 1 is 1.27 bits per heavy atom. The molecule has 11 heavy (non-hydrogen) atoms. The second-order valence-corrected chi connectivity index (χ2v) is 3.76. The summed E-state index contributed by atoms with van der Waals surface area (Å²) in [5, 5.41) is 9.02. The van der Waals surface area contributed by atoms with Gasteiger partial charge in [0.05, 0.1) is 12.7 Å². The zero-order chi connectivity index (χ0) is 7.68. The third kappa shape index (κ3) is 1.30. The van der Waals surface area contributed by atoms with E-state index >= 15 is 0 Å². The molecule has 0 amide bonds. The number of aliphatic hydroxyl groups excluding tert-OH is 1. The Kier molecular flexibility index (Phi) is 2.14. The molecule has 1 N–H and O–H groups in total. The molecule has 2 rings (SSSR count). The minimum absolute atomic E-state index is 0.321. The zero-order valence-corrected chi connectivity index (χ0v) is 6.83. The minimum atomic E-state index is 0.321. The van der Waals surface area contributed by atoms with E-state index in [2.05, 4.69) is 0 Å². The van der Waals surface area contributed by atoms with Crippen LogP contribution in [-0.2, 0) is 4.74 Å². The van der Waals surface area contributed by atoms with E-state index < -0.39 is 0 Å². The third-order valence-electron chi connectivity index (χ3n) is 3.12. The average molecular weight is 156 g/mol. The Hall–Kier alpha value is -0.0800. The summed E-state index contributed by atoms with van der Waals surface area (Å²) in [5.41, 5.74) is 0. The van der Waals surface area contributed by atoms with Crippen molar-refractivity contribution in [3.8, 4) is 0 Å². The fourth-order valence-electron chi connectivity index (χ4n) is 2.43. The zero-order valence-electron chi connectivity index (χ0n) is 6.83. The van der Waals surface area contributed by atoms with Gasteiger partial charge in [0.25, 0.3) is 0 Å². The van der Waals surface area contributed by atoms with Crippen LogP contribution >= 0.6 is 0 Å². The largest absolute Gasteiger partial charge is 0.396 e. The van der Waals surface area contributed by atoms with E-state index in [1.165, 1.54) is 25.7 Å². The second kappa shape index (κ2) is 3.11. The first-order valence-corrected chi connectivity index (χ1v) is 4.64. The van der Waals surface area contributed by atoms with Crippen molar-refractivity contribution in [1.29, 1.82) is 0 Å². The number of ether oxygens (including phenoxy) is 1. The number of rotatable bonds is 1. The lowest BCUT2D eigenvalue weighted by Crippen LogP contribution is -2.25. The summed E-state index contributed by atoms with van der Waals surface area (Å²) >= 11 is 0. The molecule has 1 saturated heterocycles. The lowest BCUT2D eigenvalue weighted by molar-refractivity contribution is 0.0662. The van der Waals surface area contributed by atoms with Crippen molar-refractivity contribution >= 4 is 0 Å². The van der Waals surface area contributed by atoms with E-state index in [0.29, 0.717) is 24.5 Å². The molecular formula is C9H16O2. The Morgan fingerprint density at radius 2 is 2.09 bits per heavy atom. The molecular weight excluding hydrogens is 140 g/mol. The molecule has 1 aliphatic carbocycles.